The fourth-order valence-electron chi connectivity index (χ4n) is 4.80. The number of rotatable bonds is 10. The Morgan fingerprint density at radius 1 is 1.13 bits per heavy atom. The molecular formula is C27H33F2N7O3. The number of hydroxylamine groups is 1. The van der Waals surface area contributed by atoms with Crippen molar-refractivity contribution in [3.8, 4) is 17.1 Å². The Bertz CT molecular complexity index is 1270. The lowest BCUT2D eigenvalue weighted by atomic mass is 9.92. The van der Waals surface area contributed by atoms with Crippen molar-refractivity contribution in [2.45, 2.75) is 59.1 Å². The van der Waals surface area contributed by atoms with Crippen LogP contribution in [0.4, 0.5) is 14.7 Å². The number of hydrogen-bond donors (Lipinski definition) is 1. The van der Waals surface area contributed by atoms with Gasteiger partial charge in [-0.05, 0) is 43.9 Å². The molecule has 1 fully saturated rings. The van der Waals surface area contributed by atoms with E-state index in [0.29, 0.717) is 30.2 Å². The zero-order valence-electron chi connectivity index (χ0n) is 22.4. The van der Waals surface area contributed by atoms with Gasteiger partial charge < -0.3 is 14.2 Å². The second-order valence-electron chi connectivity index (χ2n) is 10.4. The van der Waals surface area contributed by atoms with Gasteiger partial charge in [0, 0.05) is 44.5 Å². The highest BCUT2D eigenvalue weighted by atomic mass is 19.1. The maximum Gasteiger partial charge on any atom is 0.225 e. The van der Waals surface area contributed by atoms with Crippen LogP contribution in [0.15, 0.2) is 34.0 Å². The lowest BCUT2D eigenvalue weighted by Gasteiger charge is -2.32. The van der Waals surface area contributed by atoms with E-state index >= 15 is 0 Å². The minimum Gasteiger partial charge on any atom is -0.493 e. The number of aryl methyl sites for hydroxylation is 1. The van der Waals surface area contributed by atoms with Gasteiger partial charge in [-0.2, -0.15) is 4.98 Å². The molecule has 2 aliphatic heterocycles. The first kappa shape index (κ1) is 26.9. The number of benzene rings is 1. The SMILES string of the molecule is Cc1nc(-c2c(F)cc(OCCCC3CCN(c4ncc(C5=NC(CC(C)C)ON5)cn4)CC3)cc2F)no1. The summed E-state index contributed by atoms with van der Waals surface area (Å²) in [6, 6.07) is 2.31. The average Bonchev–Trinajstić information content (AvgIpc) is 3.55. The Morgan fingerprint density at radius 2 is 1.85 bits per heavy atom. The smallest absolute Gasteiger partial charge is 0.225 e. The van der Waals surface area contributed by atoms with Crippen LogP contribution in [-0.2, 0) is 4.84 Å². The summed E-state index contributed by atoms with van der Waals surface area (Å²) in [6.07, 6.45) is 8.03. The van der Waals surface area contributed by atoms with Crippen molar-refractivity contribution in [3.05, 3.63) is 47.6 Å². The molecule has 0 bridgehead atoms. The summed E-state index contributed by atoms with van der Waals surface area (Å²) < 4.78 is 39.4. The highest BCUT2D eigenvalue weighted by Gasteiger charge is 2.23. The predicted octanol–water partition coefficient (Wildman–Crippen LogP) is 4.84. The molecule has 3 aromatic rings. The number of nitrogens with one attached hydrogen (secondary N) is 1. The van der Waals surface area contributed by atoms with E-state index in [-0.39, 0.29) is 29.3 Å². The first-order valence-electron chi connectivity index (χ1n) is 13.3. The van der Waals surface area contributed by atoms with Gasteiger partial charge >= 0.3 is 0 Å². The first-order chi connectivity index (χ1) is 18.9. The molecule has 12 heteroatoms. The van der Waals surface area contributed by atoms with Crippen LogP contribution in [0.2, 0.25) is 0 Å². The molecule has 0 amide bonds. The largest absolute Gasteiger partial charge is 0.493 e. The number of piperidine rings is 1. The highest BCUT2D eigenvalue weighted by Crippen LogP contribution is 2.29. The summed E-state index contributed by atoms with van der Waals surface area (Å²) in [4.78, 5) is 25.3. The van der Waals surface area contributed by atoms with E-state index < -0.39 is 11.6 Å². The second kappa shape index (κ2) is 12.0. The highest BCUT2D eigenvalue weighted by molar-refractivity contribution is 5.98. The summed E-state index contributed by atoms with van der Waals surface area (Å²) in [6.45, 7) is 7.95. The molecule has 4 heterocycles. The van der Waals surface area contributed by atoms with Gasteiger partial charge in [-0.3, -0.25) is 0 Å². The quantitative estimate of drug-likeness (QED) is 0.360. The molecule has 208 valence electrons. The third-order valence-electron chi connectivity index (χ3n) is 6.84. The molecule has 5 rings (SSSR count). The molecule has 1 saturated heterocycles. The Morgan fingerprint density at radius 3 is 2.49 bits per heavy atom. The van der Waals surface area contributed by atoms with E-state index in [1.807, 2.05) is 0 Å². The molecule has 39 heavy (non-hydrogen) atoms. The summed E-state index contributed by atoms with van der Waals surface area (Å²) in [5.41, 5.74) is 3.37. The first-order valence-corrected chi connectivity index (χ1v) is 13.3. The average molecular weight is 542 g/mol. The molecule has 2 aliphatic rings. The molecule has 1 N–H and O–H groups in total. The molecule has 10 nitrogen and oxygen atoms in total. The van der Waals surface area contributed by atoms with E-state index in [1.165, 1.54) is 0 Å². The van der Waals surface area contributed by atoms with Crippen molar-refractivity contribution >= 4 is 11.8 Å². The van der Waals surface area contributed by atoms with Crippen LogP contribution in [0.3, 0.4) is 0 Å². The van der Waals surface area contributed by atoms with Crippen molar-refractivity contribution in [2.24, 2.45) is 16.8 Å². The van der Waals surface area contributed by atoms with Crippen LogP contribution in [0.5, 0.6) is 5.75 Å². The van der Waals surface area contributed by atoms with Gasteiger partial charge in [0.2, 0.25) is 17.7 Å². The van der Waals surface area contributed by atoms with Gasteiger partial charge in [-0.25, -0.2) is 34.1 Å². The van der Waals surface area contributed by atoms with Crippen molar-refractivity contribution in [1.29, 1.82) is 0 Å². The van der Waals surface area contributed by atoms with Gasteiger partial charge in [0.25, 0.3) is 0 Å². The molecule has 0 saturated carbocycles. The lowest BCUT2D eigenvalue weighted by Crippen LogP contribution is -2.35. The zero-order valence-corrected chi connectivity index (χ0v) is 22.4. The molecule has 1 atom stereocenters. The molecule has 0 aliphatic carbocycles. The molecule has 0 radical (unpaired) electrons. The van der Waals surface area contributed by atoms with Gasteiger partial charge in [-0.15, -0.1) is 0 Å². The number of halogens is 2. The zero-order chi connectivity index (χ0) is 27.4. The van der Waals surface area contributed by atoms with Crippen LogP contribution in [0, 0.1) is 30.4 Å². The van der Waals surface area contributed by atoms with Gasteiger partial charge in [0.05, 0.1) is 17.7 Å². The molecule has 2 aromatic heterocycles. The summed E-state index contributed by atoms with van der Waals surface area (Å²) >= 11 is 0. The molecule has 1 unspecified atom stereocenters. The van der Waals surface area contributed by atoms with Crippen molar-refractivity contribution in [2.75, 3.05) is 24.6 Å². The standard InChI is InChI=1S/C27H33F2N7O3/c1-16(2)11-23-33-25(34-39-23)19-14-30-27(31-15-19)36-8-6-18(7-9-36)5-4-10-37-20-12-21(28)24(22(29)13-20)26-32-17(3)38-35-26/h12-16,18,23H,4-11H2,1-3H3,(H,33,34). The maximum absolute atomic E-state index is 14.5. The van der Waals surface area contributed by atoms with Gasteiger partial charge in [0.15, 0.2) is 12.1 Å². The number of aliphatic imine (C=N–C) groups is 1. The summed E-state index contributed by atoms with van der Waals surface area (Å²) in [5, 5.41) is 3.59. The minimum absolute atomic E-state index is 0.119. The fraction of sp³-hybridized carbons (Fsp3) is 0.519. The Balaban J connectivity index is 1.05. The monoisotopic (exact) mass is 541 g/mol. The van der Waals surface area contributed by atoms with Crippen LogP contribution in [0.25, 0.3) is 11.4 Å². The van der Waals surface area contributed by atoms with E-state index in [2.05, 4.69) is 49.3 Å². The molecule has 1 aromatic carbocycles. The number of amidine groups is 1. The number of aromatic nitrogens is 4. The minimum atomic E-state index is -0.787. The normalized spacial score (nSPS) is 17.9. The molecular weight excluding hydrogens is 508 g/mol. The second-order valence-corrected chi connectivity index (χ2v) is 10.4. The number of ether oxygens (including phenoxy) is 1. The number of hydrogen-bond acceptors (Lipinski definition) is 10. The number of anilines is 1. The van der Waals surface area contributed by atoms with E-state index in [1.54, 1.807) is 19.3 Å². The lowest BCUT2D eigenvalue weighted by molar-refractivity contribution is 0.0261. The van der Waals surface area contributed by atoms with E-state index in [0.717, 1.165) is 62.9 Å². The summed E-state index contributed by atoms with van der Waals surface area (Å²) in [5.74, 6) is 1.10. The van der Waals surface area contributed by atoms with E-state index in [4.69, 9.17) is 14.1 Å². The van der Waals surface area contributed by atoms with Crippen molar-refractivity contribution < 1.29 is 22.9 Å². The maximum atomic E-state index is 14.5. The topological polar surface area (TPSA) is 111 Å². The third-order valence-corrected chi connectivity index (χ3v) is 6.84. The Hall–Kier alpha value is -3.67. The van der Waals surface area contributed by atoms with Crippen molar-refractivity contribution in [1.82, 2.24) is 25.6 Å². The fourth-order valence-corrected chi connectivity index (χ4v) is 4.80. The van der Waals surface area contributed by atoms with Crippen LogP contribution < -0.4 is 15.1 Å². The van der Waals surface area contributed by atoms with Gasteiger partial charge in [0.1, 0.15) is 17.4 Å². The van der Waals surface area contributed by atoms with Crippen LogP contribution >= 0.6 is 0 Å². The molecule has 0 spiro atoms. The summed E-state index contributed by atoms with van der Waals surface area (Å²) in [7, 11) is 0. The third kappa shape index (κ3) is 6.67. The van der Waals surface area contributed by atoms with Crippen LogP contribution in [-0.4, -0.2) is 51.9 Å². The Kier molecular flexibility index (Phi) is 8.30. The number of nitrogens with zero attached hydrogens (tertiary/aromatic N) is 6. The predicted molar refractivity (Wildman–Crippen MR) is 140 cm³/mol. The van der Waals surface area contributed by atoms with Crippen LogP contribution in [0.1, 0.15) is 57.4 Å². The van der Waals surface area contributed by atoms with Crippen molar-refractivity contribution in [3.63, 3.8) is 0 Å². The van der Waals surface area contributed by atoms with E-state index in [9.17, 15) is 8.78 Å². The Labute approximate surface area is 225 Å². The van der Waals surface area contributed by atoms with Gasteiger partial charge in [-0.1, -0.05) is 19.0 Å².